The molecule has 0 radical (unpaired) electrons. The van der Waals surface area contributed by atoms with Gasteiger partial charge in [-0.2, -0.15) is 5.10 Å². The first-order valence-corrected chi connectivity index (χ1v) is 6.81. The quantitative estimate of drug-likeness (QED) is 0.880. The van der Waals surface area contributed by atoms with E-state index in [1.807, 2.05) is 24.4 Å². The zero-order chi connectivity index (χ0) is 13.8. The lowest BCUT2D eigenvalue weighted by atomic mass is 9.97. The molecule has 1 fully saturated rings. The normalized spacial score (nSPS) is 16.0. The van der Waals surface area contributed by atoms with Crippen LogP contribution in [0.2, 0.25) is 0 Å². The predicted octanol–water partition coefficient (Wildman–Crippen LogP) is 1.21. The fourth-order valence-corrected chi connectivity index (χ4v) is 2.39. The van der Waals surface area contributed by atoms with Gasteiger partial charge in [-0.15, -0.1) is 0 Å². The Morgan fingerprint density at radius 2 is 2.15 bits per heavy atom. The molecule has 3 rings (SSSR count). The molecular weight excluding hydrogens is 254 g/mol. The van der Waals surface area contributed by atoms with Gasteiger partial charge in [0.15, 0.2) is 5.82 Å². The zero-order valence-corrected chi connectivity index (χ0v) is 11.1. The van der Waals surface area contributed by atoms with E-state index in [1.54, 1.807) is 17.1 Å². The predicted molar refractivity (Wildman–Crippen MR) is 75.6 cm³/mol. The van der Waals surface area contributed by atoms with Crippen molar-refractivity contribution >= 4 is 11.6 Å². The molecule has 0 aromatic carbocycles. The van der Waals surface area contributed by atoms with E-state index in [4.69, 9.17) is 0 Å². The van der Waals surface area contributed by atoms with Gasteiger partial charge in [-0.1, -0.05) is 0 Å². The number of carbonyl (C=O) groups is 1. The van der Waals surface area contributed by atoms with Gasteiger partial charge in [-0.3, -0.25) is 4.79 Å². The number of nitrogens with one attached hydrogen (secondary N) is 2. The summed E-state index contributed by atoms with van der Waals surface area (Å²) in [7, 11) is 0. The van der Waals surface area contributed by atoms with Crippen LogP contribution in [-0.2, 0) is 4.79 Å². The Balaban J connectivity index is 1.79. The Kier molecular flexibility index (Phi) is 3.73. The number of carbonyl (C=O) groups excluding carboxylic acids is 1. The zero-order valence-electron chi connectivity index (χ0n) is 11.1. The first kappa shape index (κ1) is 12.8. The fraction of sp³-hybridized carbons (Fsp3) is 0.357. The Labute approximate surface area is 117 Å². The van der Waals surface area contributed by atoms with Gasteiger partial charge in [0.25, 0.3) is 0 Å². The molecule has 2 N–H and O–H groups in total. The van der Waals surface area contributed by atoms with Crippen molar-refractivity contribution in [1.29, 1.82) is 0 Å². The highest BCUT2D eigenvalue weighted by Crippen LogP contribution is 2.19. The van der Waals surface area contributed by atoms with E-state index < -0.39 is 0 Å². The molecule has 1 aliphatic rings. The van der Waals surface area contributed by atoms with Crippen molar-refractivity contribution in [3.05, 3.63) is 36.8 Å². The number of pyridine rings is 1. The topological polar surface area (TPSA) is 71.8 Å². The van der Waals surface area contributed by atoms with E-state index >= 15 is 0 Å². The minimum absolute atomic E-state index is 0.0629. The van der Waals surface area contributed by atoms with E-state index in [-0.39, 0.29) is 11.8 Å². The van der Waals surface area contributed by atoms with Gasteiger partial charge in [-0.05, 0) is 44.1 Å². The van der Waals surface area contributed by atoms with Crippen LogP contribution in [-0.4, -0.2) is 33.8 Å². The standard InChI is InChI=1S/C14H17N5O/c20-14(11-4-8-15-9-5-11)18-12-3-1-6-16-13(12)19-10-2-7-17-19/h1-3,6-7,10-11,15H,4-5,8-9H2,(H,18,20). The summed E-state index contributed by atoms with van der Waals surface area (Å²) in [6.45, 7) is 1.80. The summed E-state index contributed by atoms with van der Waals surface area (Å²) in [6, 6.07) is 5.49. The average Bonchev–Trinajstić information content (AvgIpc) is 3.03. The molecule has 2 aromatic rings. The van der Waals surface area contributed by atoms with Gasteiger partial charge in [0.2, 0.25) is 5.91 Å². The second kappa shape index (κ2) is 5.83. The molecule has 104 valence electrons. The van der Waals surface area contributed by atoms with Crippen molar-refractivity contribution in [1.82, 2.24) is 20.1 Å². The monoisotopic (exact) mass is 271 g/mol. The molecule has 3 heterocycles. The lowest BCUT2D eigenvalue weighted by molar-refractivity contribution is -0.120. The summed E-state index contributed by atoms with van der Waals surface area (Å²) >= 11 is 0. The van der Waals surface area contributed by atoms with E-state index in [9.17, 15) is 4.79 Å². The van der Waals surface area contributed by atoms with E-state index in [0.717, 1.165) is 25.9 Å². The third-order valence-corrected chi connectivity index (χ3v) is 3.48. The number of nitrogens with zero attached hydrogens (tertiary/aromatic N) is 3. The molecule has 6 heteroatoms. The molecule has 0 aliphatic carbocycles. The Bertz CT molecular complexity index is 575. The lowest BCUT2D eigenvalue weighted by Gasteiger charge is -2.22. The van der Waals surface area contributed by atoms with Crippen LogP contribution in [0.25, 0.3) is 5.82 Å². The Morgan fingerprint density at radius 1 is 1.30 bits per heavy atom. The number of piperidine rings is 1. The molecule has 20 heavy (non-hydrogen) atoms. The minimum Gasteiger partial charge on any atom is -0.323 e. The van der Waals surface area contributed by atoms with Crippen LogP contribution < -0.4 is 10.6 Å². The maximum atomic E-state index is 12.3. The van der Waals surface area contributed by atoms with Crippen molar-refractivity contribution in [3.8, 4) is 5.82 Å². The summed E-state index contributed by atoms with van der Waals surface area (Å²) in [6.07, 6.45) is 6.94. The van der Waals surface area contributed by atoms with E-state index in [0.29, 0.717) is 11.5 Å². The second-order valence-electron chi connectivity index (χ2n) is 4.84. The molecule has 0 atom stereocenters. The molecule has 1 saturated heterocycles. The summed E-state index contributed by atoms with van der Waals surface area (Å²) in [5, 5.41) is 10.4. The van der Waals surface area contributed by atoms with Crippen molar-refractivity contribution in [2.24, 2.45) is 5.92 Å². The summed E-state index contributed by atoms with van der Waals surface area (Å²) in [4.78, 5) is 16.6. The van der Waals surface area contributed by atoms with Crippen molar-refractivity contribution in [2.75, 3.05) is 18.4 Å². The number of anilines is 1. The van der Waals surface area contributed by atoms with Crippen molar-refractivity contribution in [3.63, 3.8) is 0 Å². The van der Waals surface area contributed by atoms with Gasteiger partial charge in [0.05, 0.1) is 5.69 Å². The summed E-state index contributed by atoms with van der Waals surface area (Å²) in [5.41, 5.74) is 0.694. The number of amides is 1. The van der Waals surface area contributed by atoms with Crippen LogP contribution in [0, 0.1) is 5.92 Å². The second-order valence-corrected chi connectivity index (χ2v) is 4.84. The van der Waals surface area contributed by atoms with Gasteiger partial charge in [0, 0.05) is 24.5 Å². The third-order valence-electron chi connectivity index (χ3n) is 3.48. The molecule has 0 spiro atoms. The van der Waals surface area contributed by atoms with Crippen LogP contribution >= 0.6 is 0 Å². The highest BCUT2D eigenvalue weighted by molar-refractivity contribution is 5.94. The third kappa shape index (κ3) is 2.70. The van der Waals surface area contributed by atoms with Crippen LogP contribution in [0.1, 0.15) is 12.8 Å². The van der Waals surface area contributed by atoms with Gasteiger partial charge < -0.3 is 10.6 Å². The lowest BCUT2D eigenvalue weighted by Crippen LogP contribution is -2.34. The number of aromatic nitrogens is 3. The van der Waals surface area contributed by atoms with E-state index in [1.165, 1.54) is 0 Å². The first-order chi connectivity index (χ1) is 9.84. The highest BCUT2D eigenvalue weighted by atomic mass is 16.1. The summed E-state index contributed by atoms with van der Waals surface area (Å²) in [5.74, 6) is 0.773. The van der Waals surface area contributed by atoms with Gasteiger partial charge in [0.1, 0.15) is 0 Å². The summed E-state index contributed by atoms with van der Waals surface area (Å²) < 4.78 is 1.65. The molecule has 6 nitrogen and oxygen atoms in total. The molecule has 2 aromatic heterocycles. The number of hydrogen-bond donors (Lipinski definition) is 2. The highest BCUT2D eigenvalue weighted by Gasteiger charge is 2.21. The van der Waals surface area contributed by atoms with Gasteiger partial charge in [-0.25, -0.2) is 9.67 Å². The molecule has 1 aliphatic heterocycles. The molecular formula is C14H17N5O. The molecule has 0 bridgehead atoms. The van der Waals surface area contributed by atoms with Crippen LogP contribution in [0.4, 0.5) is 5.69 Å². The largest absolute Gasteiger partial charge is 0.323 e. The van der Waals surface area contributed by atoms with Crippen LogP contribution in [0.15, 0.2) is 36.8 Å². The minimum atomic E-state index is 0.0629. The average molecular weight is 271 g/mol. The molecule has 0 saturated carbocycles. The molecule has 0 unspecified atom stereocenters. The maximum absolute atomic E-state index is 12.3. The molecule has 1 amide bonds. The number of hydrogen-bond acceptors (Lipinski definition) is 4. The number of rotatable bonds is 3. The van der Waals surface area contributed by atoms with Crippen molar-refractivity contribution < 1.29 is 4.79 Å². The first-order valence-electron chi connectivity index (χ1n) is 6.81. The SMILES string of the molecule is O=C(Nc1cccnc1-n1cccn1)C1CCNCC1. The van der Waals surface area contributed by atoms with Crippen molar-refractivity contribution in [2.45, 2.75) is 12.8 Å². The Morgan fingerprint density at radius 3 is 2.90 bits per heavy atom. The van der Waals surface area contributed by atoms with Crippen LogP contribution in [0.3, 0.4) is 0 Å². The van der Waals surface area contributed by atoms with Gasteiger partial charge >= 0.3 is 0 Å². The van der Waals surface area contributed by atoms with E-state index in [2.05, 4.69) is 20.7 Å². The Hall–Kier alpha value is -2.21. The fourth-order valence-electron chi connectivity index (χ4n) is 2.39. The smallest absolute Gasteiger partial charge is 0.227 e. The maximum Gasteiger partial charge on any atom is 0.227 e. The van der Waals surface area contributed by atoms with Crippen LogP contribution in [0.5, 0.6) is 0 Å².